The molecule has 1 fully saturated rings. The predicted molar refractivity (Wildman–Crippen MR) is 144 cm³/mol. The molecule has 2 aliphatic heterocycles. The molecule has 0 aliphatic carbocycles. The van der Waals surface area contributed by atoms with Crippen molar-refractivity contribution < 1.29 is 25.9 Å². The van der Waals surface area contributed by atoms with Gasteiger partial charge in [-0.25, -0.2) is 0 Å². The van der Waals surface area contributed by atoms with E-state index in [2.05, 4.69) is 66.2 Å². The Balaban J connectivity index is 0.000000368. The minimum Gasteiger partial charge on any atom is -0.304 e. The molecular weight excluding hydrogens is 529 g/mol. The lowest BCUT2D eigenvalue weighted by Crippen LogP contribution is -2.46. The van der Waals surface area contributed by atoms with Crippen molar-refractivity contribution in [1.29, 1.82) is 0 Å². The van der Waals surface area contributed by atoms with Crippen molar-refractivity contribution in [3.05, 3.63) is 53.6 Å². The molecular formula is C23H34N2O6S4. The van der Waals surface area contributed by atoms with E-state index in [0.717, 1.165) is 12.2 Å². The van der Waals surface area contributed by atoms with E-state index in [0.29, 0.717) is 18.6 Å². The van der Waals surface area contributed by atoms with Crippen LogP contribution in [0.3, 0.4) is 0 Å². The third-order valence-corrected chi connectivity index (χ3v) is 7.32. The number of fused-ring (bicyclic) bond motifs is 2. The van der Waals surface area contributed by atoms with Gasteiger partial charge in [0.1, 0.15) is 0 Å². The first-order chi connectivity index (χ1) is 16.2. The zero-order valence-electron chi connectivity index (χ0n) is 20.4. The number of benzene rings is 2. The Bertz CT molecular complexity index is 1130. The highest BCUT2D eigenvalue weighted by Crippen LogP contribution is 2.44. The maximum absolute atomic E-state index is 9.19. The summed E-state index contributed by atoms with van der Waals surface area (Å²) in [5, 5.41) is 0. The molecule has 0 bridgehead atoms. The third kappa shape index (κ3) is 11.6. The van der Waals surface area contributed by atoms with E-state index in [1.165, 1.54) is 52.0 Å². The first kappa shape index (κ1) is 30.1. The number of thioether (sulfide) groups is 1. The van der Waals surface area contributed by atoms with Crippen molar-refractivity contribution >= 4 is 43.8 Å². The van der Waals surface area contributed by atoms with Gasteiger partial charge in [-0.15, -0.1) is 11.8 Å². The van der Waals surface area contributed by atoms with Crippen molar-refractivity contribution in [2.24, 2.45) is 0 Å². The van der Waals surface area contributed by atoms with Gasteiger partial charge in [-0.3, -0.25) is 14.0 Å². The minimum absolute atomic E-state index is 0.497. The summed E-state index contributed by atoms with van der Waals surface area (Å²) in [6.45, 7) is 6.91. The second-order valence-electron chi connectivity index (χ2n) is 8.37. The van der Waals surface area contributed by atoms with Crippen LogP contribution in [0, 0.1) is 0 Å². The molecule has 1 atom stereocenters. The molecule has 0 aromatic heterocycles. The molecule has 12 heteroatoms. The molecule has 0 radical (unpaired) electrons. The van der Waals surface area contributed by atoms with Gasteiger partial charge < -0.3 is 4.90 Å². The van der Waals surface area contributed by atoms with Crippen LogP contribution in [-0.2, 0) is 26.7 Å². The van der Waals surface area contributed by atoms with Crippen molar-refractivity contribution in [3.8, 4) is 0 Å². The topological polar surface area (TPSA) is 115 Å². The average molecular weight is 563 g/mol. The summed E-state index contributed by atoms with van der Waals surface area (Å²) >= 11 is 3.90. The fourth-order valence-corrected chi connectivity index (χ4v) is 5.63. The molecule has 0 amide bonds. The smallest absolute Gasteiger partial charge is 0.261 e. The van der Waals surface area contributed by atoms with E-state index < -0.39 is 20.2 Å². The third-order valence-electron chi connectivity index (χ3n) is 5.24. The summed E-state index contributed by atoms with van der Waals surface area (Å²) in [6, 6.07) is 16.6. The lowest BCUT2D eigenvalue weighted by molar-refractivity contribution is 0.109. The number of piperazine rings is 1. The normalized spacial score (nSPS) is 18.6. The van der Waals surface area contributed by atoms with E-state index in [4.69, 9.17) is 9.11 Å². The minimum atomic E-state index is -3.67. The molecule has 2 aromatic carbocycles. The first-order valence-corrected chi connectivity index (χ1v) is 16.5. The molecule has 2 aliphatic rings. The van der Waals surface area contributed by atoms with Crippen LogP contribution >= 0.6 is 23.5 Å². The van der Waals surface area contributed by atoms with Crippen LogP contribution in [0.15, 0.2) is 57.2 Å². The van der Waals surface area contributed by atoms with E-state index in [-0.39, 0.29) is 0 Å². The van der Waals surface area contributed by atoms with Crippen LogP contribution in [0.5, 0.6) is 0 Å². The van der Waals surface area contributed by atoms with Crippen molar-refractivity contribution in [3.63, 3.8) is 0 Å². The van der Waals surface area contributed by atoms with Crippen molar-refractivity contribution in [1.82, 2.24) is 9.80 Å². The highest BCUT2D eigenvalue weighted by atomic mass is 32.2. The van der Waals surface area contributed by atoms with E-state index in [1.807, 2.05) is 23.5 Å². The molecule has 1 saturated heterocycles. The molecule has 0 saturated carbocycles. The summed E-state index contributed by atoms with van der Waals surface area (Å²) in [5.41, 5.74) is 3.03. The molecule has 4 rings (SSSR count). The van der Waals surface area contributed by atoms with E-state index in [9.17, 15) is 16.8 Å². The molecule has 2 aromatic rings. The number of rotatable bonds is 3. The number of nitrogens with zero attached hydrogens (tertiary/aromatic N) is 2. The zero-order valence-corrected chi connectivity index (χ0v) is 23.7. The Morgan fingerprint density at radius 3 is 2.09 bits per heavy atom. The summed E-state index contributed by atoms with van der Waals surface area (Å²) in [7, 11) is -5.10. The first-order valence-electron chi connectivity index (χ1n) is 11.0. The maximum atomic E-state index is 9.19. The monoisotopic (exact) mass is 562 g/mol. The van der Waals surface area contributed by atoms with Gasteiger partial charge in [0, 0.05) is 46.9 Å². The van der Waals surface area contributed by atoms with Crippen LogP contribution in [0.4, 0.5) is 0 Å². The molecule has 2 N–H and O–H groups in total. The highest BCUT2D eigenvalue weighted by Gasteiger charge is 2.29. The highest BCUT2D eigenvalue weighted by molar-refractivity contribution is 7.99. The molecule has 1 unspecified atom stereocenters. The van der Waals surface area contributed by atoms with Crippen LogP contribution in [0.1, 0.15) is 24.1 Å². The zero-order chi connectivity index (χ0) is 26.2. The maximum Gasteiger partial charge on any atom is 0.261 e. The fraction of sp³-hybridized carbons (Fsp3) is 0.478. The van der Waals surface area contributed by atoms with Gasteiger partial charge in [-0.1, -0.05) is 36.9 Å². The van der Waals surface area contributed by atoms with Gasteiger partial charge in [0.2, 0.25) is 0 Å². The van der Waals surface area contributed by atoms with Gasteiger partial charge in [-0.2, -0.15) is 16.8 Å². The summed E-state index contributed by atoms with van der Waals surface area (Å²) in [4.78, 5) is 9.43. The standard InChI is InChI=1S/C21H26N2S2.2CH4O3S/c1-3-24-17-8-9-21-18(15-17)19(23-12-10-22(2)11-13-23)14-16-6-4-5-7-20(16)25-21;2*1-5(2,3)4/h4-9,15,19H,3,10-14H2,1-2H3;2*1H3,(H,2,3,4). The largest absolute Gasteiger partial charge is 0.304 e. The molecule has 0 spiro atoms. The van der Waals surface area contributed by atoms with Gasteiger partial charge in [0.05, 0.1) is 12.5 Å². The predicted octanol–water partition coefficient (Wildman–Crippen LogP) is 3.80. The van der Waals surface area contributed by atoms with Gasteiger partial charge in [-0.05, 0) is 54.6 Å². The SMILES string of the molecule is CCSc1ccc2c(c1)C(N1CCN(C)CC1)Cc1ccccc1S2.CS(=O)(=O)O.CS(=O)(=O)O. The van der Waals surface area contributed by atoms with Crippen LogP contribution in [-0.4, -0.2) is 87.2 Å². The lowest BCUT2D eigenvalue weighted by Gasteiger charge is -2.38. The van der Waals surface area contributed by atoms with Gasteiger partial charge in [0.15, 0.2) is 0 Å². The van der Waals surface area contributed by atoms with E-state index >= 15 is 0 Å². The van der Waals surface area contributed by atoms with Gasteiger partial charge >= 0.3 is 0 Å². The van der Waals surface area contributed by atoms with Gasteiger partial charge in [0.25, 0.3) is 20.2 Å². The van der Waals surface area contributed by atoms with Crippen LogP contribution in [0.2, 0.25) is 0 Å². The van der Waals surface area contributed by atoms with Crippen LogP contribution < -0.4 is 0 Å². The molecule has 2 heterocycles. The Morgan fingerprint density at radius 2 is 1.51 bits per heavy atom. The molecule has 35 heavy (non-hydrogen) atoms. The second-order valence-corrected chi connectivity index (χ2v) is 13.7. The quantitative estimate of drug-likeness (QED) is 0.423. The van der Waals surface area contributed by atoms with Crippen molar-refractivity contribution in [2.45, 2.75) is 34.1 Å². The summed E-state index contributed by atoms with van der Waals surface area (Å²) < 4.78 is 51.7. The summed E-state index contributed by atoms with van der Waals surface area (Å²) in [6.07, 6.45) is 2.56. The Morgan fingerprint density at radius 1 is 0.943 bits per heavy atom. The average Bonchev–Trinajstić information content (AvgIpc) is 2.89. The molecule has 8 nitrogen and oxygen atoms in total. The number of hydrogen-bond acceptors (Lipinski definition) is 8. The summed E-state index contributed by atoms with van der Waals surface area (Å²) in [5.74, 6) is 1.13. The Hall–Kier alpha value is -1.12. The Labute approximate surface area is 218 Å². The Kier molecular flexibility index (Phi) is 11.6. The lowest BCUT2D eigenvalue weighted by atomic mass is 9.96. The number of hydrogen-bond donors (Lipinski definition) is 2. The molecule has 196 valence electrons. The van der Waals surface area contributed by atoms with Crippen LogP contribution in [0.25, 0.3) is 0 Å². The fourth-order valence-electron chi connectivity index (χ4n) is 3.80. The van der Waals surface area contributed by atoms with Crippen molar-refractivity contribution in [2.75, 3.05) is 51.5 Å². The second kappa shape index (κ2) is 13.4. The van der Waals surface area contributed by atoms with E-state index in [1.54, 1.807) is 0 Å². The number of likely N-dealkylation sites (N-methyl/N-ethyl adjacent to an activating group) is 1.